The minimum atomic E-state index is -0.600. The van der Waals surface area contributed by atoms with Crippen molar-refractivity contribution in [3.05, 3.63) is 34.4 Å². The van der Waals surface area contributed by atoms with Gasteiger partial charge in [-0.15, -0.1) is 0 Å². The SMILES string of the molecule is OCC1CN(Cc2cc(F)c(Cl)cc2F)C1. The lowest BCUT2D eigenvalue weighted by atomic mass is 10.0. The molecule has 0 saturated carbocycles. The molecule has 0 unspecified atom stereocenters. The van der Waals surface area contributed by atoms with Gasteiger partial charge < -0.3 is 5.11 Å². The van der Waals surface area contributed by atoms with Crippen molar-refractivity contribution in [2.24, 2.45) is 5.92 Å². The molecule has 0 spiro atoms. The molecule has 1 aliphatic heterocycles. The van der Waals surface area contributed by atoms with Gasteiger partial charge in [-0.1, -0.05) is 11.6 Å². The number of likely N-dealkylation sites (tertiary alicyclic amines) is 1. The number of hydrogen-bond donors (Lipinski definition) is 1. The van der Waals surface area contributed by atoms with Crippen LogP contribution in [-0.4, -0.2) is 29.7 Å². The third kappa shape index (κ3) is 2.34. The first-order chi connectivity index (χ1) is 7.60. The monoisotopic (exact) mass is 247 g/mol. The molecule has 5 heteroatoms. The summed E-state index contributed by atoms with van der Waals surface area (Å²) in [6.45, 7) is 1.95. The van der Waals surface area contributed by atoms with Gasteiger partial charge in [-0.2, -0.15) is 0 Å². The summed E-state index contributed by atoms with van der Waals surface area (Å²) in [6, 6.07) is 2.12. The number of aliphatic hydroxyl groups is 1. The summed E-state index contributed by atoms with van der Waals surface area (Å²) in [7, 11) is 0. The maximum Gasteiger partial charge on any atom is 0.142 e. The molecule has 0 aliphatic carbocycles. The largest absolute Gasteiger partial charge is 0.396 e. The number of hydrogen-bond acceptors (Lipinski definition) is 2. The Kier molecular flexibility index (Phi) is 3.42. The fourth-order valence-corrected chi connectivity index (χ4v) is 2.00. The van der Waals surface area contributed by atoms with Crippen LogP contribution in [0, 0.1) is 17.6 Å². The van der Waals surface area contributed by atoms with E-state index in [1.54, 1.807) is 0 Å². The van der Waals surface area contributed by atoms with E-state index >= 15 is 0 Å². The number of rotatable bonds is 3. The molecule has 0 radical (unpaired) electrons. The van der Waals surface area contributed by atoms with Crippen LogP contribution in [-0.2, 0) is 6.54 Å². The topological polar surface area (TPSA) is 23.5 Å². The average molecular weight is 248 g/mol. The molecule has 0 aromatic heterocycles. The minimum Gasteiger partial charge on any atom is -0.396 e. The number of halogens is 3. The molecule has 1 N–H and O–H groups in total. The van der Waals surface area contributed by atoms with Gasteiger partial charge in [0.2, 0.25) is 0 Å². The predicted molar refractivity (Wildman–Crippen MR) is 57.2 cm³/mol. The Morgan fingerprint density at radius 3 is 2.62 bits per heavy atom. The smallest absolute Gasteiger partial charge is 0.142 e. The standard InChI is InChI=1S/C11H12ClF2NO/c12-9-2-10(13)8(1-11(9)14)5-15-3-7(4-15)6-16/h1-2,7,16H,3-6H2. The van der Waals surface area contributed by atoms with E-state index in [0.717, 1.165) is 25.2 Å². The molecule has 16 heavy (non-hydrogen) atoms. The van der Waals surface area contributed by atoms with Crippen molar-refractivity contribution >= 4 is 11.6 Å². The van der Waals surface area contributed by atoms with Gasteiger partial charge in [0, 0.05) is 37.7 Å². The lowest BCUT2D eigenvalue weighted by Crippen LogP contribution is -2.47. The van der Waals surface area contributed by atoms with Crippen LogP contribution in [0.5, 0.6) is 0 Å². The first-order valence-electron chi connectivity index (χ1n) is 5.06. The quantitative estimate of drug-likeness (QED) is 0.827. The van der Waals surface area contributed by atoms with E-state index in [2.05, 4.69) is 0 Å². The maximum atomic E-state index is 13.4. The fourth-order valence-electron chi connectivity index (χ4n) is 1.85. The van der Waals surface area contributed by atoms with Gasteiger partial charge in [-0.25, -0.2) is 8.78 Å². The van der Waals surface area contributed by atoms with Gasteiger partial charge in [-0.05, 0) is 12.1 Å². The molecule has 1 aromatic carbocycles. The Morgan fingerprint density at radius 2 is 2.00 bits per heavy atom. The second kappa shape index (κ2) is 4.65. The summed E-state index contributed by atoms with van der Waals surface area (Å²) in [5.74, 6) is -0.823. The van der Waals surface area contributed by atoms with Crippen molar-refractivity contribution < 1.29 is 13.9 Å². The molecule has 0 amide bonds. The zero-order valence-corrected chi connectivity index (χ0v) is 9.34. The molecule has 1 heterocycles. The first kappa shape index (κ1) is 11.8. The summed E-state index contributed by atoms with van der Waals surface area (Å²) < 4.78 is 26.5. The molecule has 2 nitrogen and oxygen atoms in total. The first-order valence-corrected chi connectivity index (χ1v) is 5.44. The van der Waals surface area contributed by atoms with Crippen molar-refractivity contribution in [3.63, 3.8) is 0 Å². The zero-order valence-electron chi connectivity index (χ0n) is 8.59. The van der Waals surface area contributed by atoms with Gasteiger partial charge in [-0.3, -0.25) is 4.90 Å². The molecule has 1 fully saturated rings. The lowest BCUT2D eigenvalue weighted by molar-refractivity contribution is 0.0471. The van der Waals surface area contributed by atoms with Crippen LogP contribution in [0.2, 0.25) is 5.02 Å². The number of aliphatic hydroxyl groups excluding tert-OH is 1. The Labute approximate surface area is 97.4 Å². The zero-order chi connectivity index (χ0) is 11.7. The highest BCUT2D eigenvalue weighted by Gasteiger charge is 2.26. The second-order valence-corrected chi connectivity index (χ2v) is 4.51. The third-order valence-electron chi connectivity index (χ3n) is 2.77. The average Bonchev–Trinajstić information content (AvgIpc) is 2.18. The molecule has 0 atom stereocenters. The lowest BCUT2D eigenvalue weighted by Gasteiger charge is -2.38. The van der Waals surface area contributed by atoms with Gasteiger partial charge >= 0.3 is 0 Å². The van der Waals surface area contributed by atoms with E-state index in [-0.39, 0.29) is 17.5 Å². The highest BCUT2D eigenvalue weighted by atomic mass is 35.5. The molecular formula is C11H12ClF2NO. The summed E-state index contributed by atoms with van der Waals surface area (Å²) in [6.07, 6.45) is 0. The third-order valence-corrected chi connectivity index (χ3v) is 3.06. The van der Waals surface area contributed by atoms with Crippen LogP contribution in [0.4, 0.5) is 8.78 Å². The number of benzene rings is 1. The predicted octanol–water partition coefficient (Wildman–Crippen LogP) is 2.04. The highest BCUT2D eigenvalue weighted by molar-refractivity contribution is 6.30. The molecule has 1 aliphatic rings. The second-order valence-electron chi connectivity index (χ2n) is 4.10. The van der Waals surface area contributed by atoms with Gasteiger partial charge in [0.1, 0.15) is 11.6 Å². The van der Waals surface area contributed by atoms with E-state index in [0.29, 0.717) is 12.1 Å². The Morgan fingerprint density at radius 1 is 1.31 bits per heavy atom. The summed E-state index contributed by atoms with van der Waals surface area (Å²) in [5, 5.41) is 8.63. The van der Waals surface area contributed by atoms with Crippen LogP contribution < -0.4 is 0 Å². The van der Waals surface area contributed by atoms with E-state index in [4.69, 9.17) is 16.7 Å². The highest BCUT2D eigenvalue weighted by Crippen LogP contribution is 2.23. The summed E-state index contributed by atoms with van der Waals surface area (Å²) >= 11 is 5.45. The summed E-state index contributed by atoms with van der Waals surface area (Å²) in [5.41, 5.74) is 0.304. The minimum absolute atomic E-state index is 0.147. The number of nitrogens with zero attached hydrogens (tertiary/aromatic N) is 1. The van der Waals surface area contributed by atoms with Gasteiger partial charge in [0.05, 0.1) is 5.02 Å². The van der Waals surface area contributed by atoms with Crippen molar-refractivity contribution in [2.75, 3.05) is 19.7 Å². The van der Waals surface area contributed by atoms with Crippen LogP contribution in [0.15, 0.2) is 12.1 Å². The van der Waals surface area contributed by atoms with Crippen molar-refractivity contribution in [1.29, 1.82) is 0 Å². The molecule has 2 rings (SSSR count). The Bertz CT molecular complexity index is 394. The van der Waals surface area contributed by atoms with Crippen molar-refractivity contribution in [3.8, 4) is 0 Å². The van der Waals surface area contributed by atoms with Crippen LogP contribution in [0.1, 0.15) is 5.56 Å². The molecule has 1 aromatic rings. The maximum absolute atomic E-state index is 13.4. The van der Waals surface area contributed by atoms with Gasteiger partial charge in [0.15, 0.2) is 0 Å². The normalized spacial score (nSPS) is 17.5. The molecule has 0 bridgehead atoms. The summed E-state index contributed by atoms with van der Waals surface area (Å²) in [4.78, 5) is 1.95. The Balaban J connectivity index is 2.02. The Hall–Kier alpha value is -0.710. The van der Waals surface area contributed by atoms with Crippen LogP contribution >= 0.6 is 11.6 Å². The fraction of sp³-hybridized carbons (Fsp3) is 0.455. The van der Waals surface area contributed by atoms with E-state index in [9.17, 15) is 8.78 Å². The molecule has 1 saturated heterocycles. The van der Waals surface area contributed by atoms with E-state index in [1.165, 1.54) is 0 Å². The van der Waals surface area contributed by atoms with Crippen molar-refractivity contribution in [2.45, 2.75) is 6.54 Å². The van der Waals surface area contributed by atoms with Crippen molar-refractivity contribution in [1.82, 2.24) is 4.90 Å². The van der Waals surface area contributed by atoms with E-state index in [1.807, 2.05) is 4.90 Å². The van der Waals surface area contributed by atoms with Gasteiger partial charge in [0.25, 0.3) is 0 Å². The van der Waals surface area contributed by atoms with Crippen LogP contribution in [0.3, 0.4) is 0 Å². The molecular weight excluding hydrogens is 236 g/mol. The molecule has 88 valence electrons. The van der Waals surface area contributed by atoms with E-state index < -0.39 is 11.6 Å². The van der Waals surface area contributed by atoms with Crippen LogP contribution in [0.25, 0.3) is 0 Å².